The van der Waals surface area contributed by atoms with E-state index in [1.165, 1.54) is 24.6 Å². The molecule has 1 aromatic carbocycles. The Morgan fingerprint density at radius 2 is 1.74 bits per heavy atom. The summed E-state index contributed by atoms with van der Waals surface area (Å²) in [6.45, 7) is 7.24. The molecular formula is C23H35F2N3O4S2. The largest absolute Gasteiger partial charge is 0.367 e. The maximum Gasteiger partial charge on any atom is 0.265 e. The van der Waals surface area contributed by atoms with Gasteiger partial charge < -0.3 is 4.90 Å². The third kappa shape index (κ3) is 6.16. The molecule has 1 heterocycles. The van der Waals surface area contributed by atoms with Crippen LogP contribution in [0.3, 0.4) is 0 Å². The molecule has 3 rings (SSSR count). The third-order valence-electron chi connectivity index (χ3n) is 6.43. The molecule has 1 aliphatic heterocycles. The van der Waals surface area contributed by atoms with E-state index in [4.69, 9.17) is 5.14 Å². The van der Waals surface area contributed by atoms with Gasteiger partial charge in [-0.3, -0.25) is 0 Å². The van der Waals surface area contributed by atoms with Crippen LogP contribution >= 0.6 is 0 Å². The van der Waals surface area contributed by atoms with Crippen molar-refractivity contribution < 1.29 is 25.6 Å². The lowest BCUT2D eigenvalue weighted by atomic mass is 9.88. The highest BCUT2D eigenvalue weighted by Gasteiger charge is 2.39. The first-order chi connectivity index (χ1) is 15.6. The molecule has 2 atom stereocenters. The zero-order chi connectivity index (χ0) is 25.5. The molecule has 192 valence electrons. The third-order valence-corrected chi connectivity index (χ3v) is 9.55. The number of hydrogen-bond donors (Lipinski definition) is 2. The first-order valence-corrected chi connectivity index (χ1v) is 14.7. The molecule has 1 fully saturated rings. The van der Waals surface area contributed by atoms with Gasteiger partial charge in [0, 0.05) is 29.4 Å². The number of hydrogen-bond acceptors (Lipinski definition) is 5. The number of halogens is 2. The van der Waals surface area contributed by atoms with E-state index >= 15 is 0 Å². The van der Waals surface area contributed by atoms with Crippen molar-refractivity contribution >= 4 is 25.7 Å². The lowest BCUT2D eigenvalue weighted by Gasteiger charge is -2.34. The molecule has 2 unspecified atom stereocenters. The fourth-order valence-electron chi connectivity index (χ4n) is 4.91. The van der Waals surface area contributed by atoms with Gasteiger partial charge in [-0.05, 0) is 70.2 Å². The second-order valence-electron chi connectivity index (χ2n) is 10.4. The summed E-state index contributed by atoms with van der Waals surface area (Å²) in [5.74, 6) is 0.365. The van der Waals surface area contributed by atoms with Gasteiger partial charge >= 0.3 is 0 Å². The minimum atomic E-state index is -4.19. The maximum absolute atomic E-state index is 14.0. The van der Waals surface area contributed by atoms with Gasteiger partial charge in [-0.2, -0.15) is 0 Å². The van der Waals surface area contributed by atoms with E-state index in [0.29, 0.717) is 23.7 Å². The molecule has 1 saturated carbocycles. The molecule has 3 N–H and O–H groups in total. The second kappa shape index (κ2) is 9.83. The van der Waals surface area contributed by atoms with Crippen molar-refractivity contribution in [3.05, 3.63) is 35.4 Å². The molecule has 1 aromatic rings. The molecule has 7 nitrogen and oxygen atoms in total. The van der Waals surface area contributed by atoms with Crippen LogP contribution in [-0.4, -0.2) is 45.1 Å². The molecule has 0 aromatic heterocycles. The number of sulfonamides is 2. The van der Waals surface area contributed by atoms with Crippen LogP contribution in [0.2, 0.25) is 0 Å². The zero-order valence-electron chi connectivity index (χ0n) is 20.1. The zero-order valence-corrected chi connectivity index (χ0v) is 21.7. The van der Waals surface area contributed by atoms with E-state index in [9.17, 15) is 25.6 Å². The molecule has 0 spiro atoms. The summed E-state index contributed by atoms with van der Waals surface area (Å²) in [5, 5.41) is 4.50. The summed E-state index contributed by atoms with van der Waals surface area (Å²) in [6.07, 6.45) is 3.90. The summed E-state index contributed by atoms with van der Waals surface area (Å²) in [6, 6.07) is 3.31. The van der Waals surface area contributed by atoms with Gasteiger partial charge in [-0.15, -0.1) is 0 Å². The Morgan fingerprint density at radius 1 is 1.12 bits per heavy atom. The van der Waals surface area contributed by atoms with E-state index < -0.39 is 53.8 Å². The van der Waals surface area contributed by atoms with Crippen LogP contribution < -0.4 is 9.86 Å². The van der Waals surface area contributed by atoms with E-state index in [1.54, 1.807) is 27.7 Å². The molecule has 1 aliphatic carbocycles. The quantitative estimate of drug-likeness (QED) is 0.566. The number of nitrogens with zero attached hydrogens (tertiary/aromatic N) is 1. The Balaban J connectivity index is 2.06. The van der Waals surface area contributed by atoms with E-state index in [0.717, 1.165) is 31.7 Å². The highest BCUT2D eigenvalue weighted by atomic mass is 32.2. The molecule has 0 radical (unpaired) electrons. The van der Waals surface area contributed by atoms with Gasteiger partial charge in [0.15, 0.2) is 0 Å². The lowest BCUT2D eigenvalue weighted by Crippen LogP contribution is -2.42. The van der Waals surface area contributed by atoms with Crippen LogP contribution in [0.5, 0.6) is 0 Å². The number of primary sulfonamides is 1. The summed E-state index contributed by atoms with van der Waals surface area (Å²) < 4.78 is 80.6. The summed E-state index contributed by atoms with van der Waals surface area (Å²) >= 11 is 0. The van der Waals surface area contributed by atoms with Gasteiger partial charge in [0.05, 0.1) is 4.90 Å². The van der Waals surface area contributed by atoms with E-state index in [1.807, 2.05) is 4.90 Å². The monoisotopic (exact) mass is 519 g/mol. The summed E-state index contributed by atoms with van der Waals surface area (Å²) in [7, 11) is -8.11. The first-order valence-electron chi connectivity index (χ1n) is 11.6. The number of rotatable bonds is 7. The lowest BCUT2D eigenvalue weighted by molar-refractivity contribution is 0.148. The molecule has 0 saturated heterocycles. The summed E-state index contributed by atoms with van der Waals surface area (Å²) in [4.78, 5) is 1.44. The highest BCUT2D eigenvalue weighted by molar-refractivity contribution is 7.90. The molecule has 0 amide bonds. The van der Waals surface area contributed by atoms with Crippen molar-refractivity contribution in [2.24, 2.45) is 11.1 Å². The molecule has 34 heavy (non-hydrogen) atoms. The van der Waals surface area contributed by atoms with Gasteiger partial charge in [0.2, 0.25) is 20.0 Å². The fourth-order valence-corrected chi connectivity index (χ4v) is 7.55. The minimum absolute atomic E-state index is 0.346. The van der Waals surface area contributed by atoms with E-state index in [-0.39, 0.29) is 0 Å². The van der Waals surface area contributed by atoms with Crippen molar-refractivity contribution in [3.8, 4) is 0 Å². The minimum Gasteiger partial charge on any atom is -0.367 e. The Hall–Kier alpha value is -1.56. The van der Waals surface area contributed by atoms with Crippen molar-refractivity contribution in [2.45, 2.75) is 88.0 Å². The average Bonchev–Trinajstić information content (AvgIpc) is 3.03. The van der Waals surface area contributed by atoms with Crippen LogP contribution in [0.4, 0.5) is 8.78 Å². The van der Waals surface area contributed by atoms with Gasteiger partial charge in [-0.1, -0.05) is 25.3 Å². The Morgan fingerprint density at radius 3 is 2.26 bits per heavy atom. The number of nitrogens with one attached hydrogen (secondary N) is 1. The van der Waals surface area contributed by atoms with Crippen LogP contribution in [0.1, 0.15) is 77.4 Å². The van der Waals surface area contributed by atoms with Crippen molar-refractivity contribution in [1.82, 2.24) is 9.62 Å². The van der Waals surface area contributed by atoms with Gasteiger partial charge in [-0.25, -0.2) is 35.5 Å². The normalized spacial score (nSPS) is 22.9. The van der Waals surface area contributed by atoms with Crippen LogP contribution in [0.25, 0.3) is 5.70 Å². The average molecular weight is 520 g/mol. The predicted octanol–water partition coefficient (Wildman–Crippen LogP) is 3.98. The van der Waals surface area contributed by atoms with E-state index in [2.05, 4.69) is 4.72 Å². The Bertz CT molecular complexity index is 1140. The number of alkyl halides is 2. The molecule has 11 heteroatoms. The Labute approximate surface area is 201 Å². The smallest absolute Gasteiger partial charge is 0.265 e. The van der Waals surface area contributed by atoms with Gasteiger partial charge in [0.1, 0.15) is 5.25 Å². The number of benzene rings is 1. The van der Waals surface area contributed by atoms with Crippen molar-refractivity contribution in [1.29, 1.82) is 0 Å². The standard InChI is InChI=1S/C23H35F2N3O4S2/c1-15-21(33(26,29)30)13-19(28(15)14-16-8-6-5-7-9-16)17-10-11-20(18(12-17)22(24)25)34(31,32)27-23(2,3)4/h10-13,15-16,21-22,27H,5-9,14H2,1-4H3,(H2,26,29,30). The molecule has 0 bridgehead atoms. The Kier molecular flexibility index (Phi) is 7.82. The predicted molar refractivity (Wildman–Crippen MR) is 129 cm³/mol. The fraction of sp³-hybridized carbons (Fsp3) is 0.652. The molecule has 2 aliphatic rings. The topological polar surface area (TPSA) is 110 Å². The molecular weight excluding hydrogens is 484 g/mol. The highest BCUT2D eigenvalue weighted by Crippen LogP contribution is 2.38. The SMILES string of the molecule is CC1C(S(N)(=O)=O)C=C(c2ccc(S(=O)(=O)NC(C)(C)C)c(C(F)F)c2)N1CC1CCCCC1. The maximum atomic E-state index is 14.0. The second-order valence-corrected chi connectivity index (χ2v) is 13.8. The van der Waals surface area contributed by atoms with Crippen LogP contribution in [0, 0.1) is 5.92 Å². The number of nitrogens with two attached hydrogens (primary N) is 1. The van der Waals surface area contributed by atoms with Crippen molar-refractivity contribution in [3.63, 3.8) is 0 Å². The van der Waals surface area contributed by atoms with Gasteiger partial charge in [0.25, 0.3) is 6.43 Å². The van der Waals surface area contributed by atoms with Crippen molar-refractivity contribution in [2.75, 3.05) is 6.54 Å². The summed E-state index contributed by atoms with van der Waals surface area (Å²) in [5.41, 5.74) is -0.634. The van der Waals surface area contributed by atoms with Crippen LogP contribution in [0.15, 0.2) is 29.2 Å². The van der Waals surface area contributed by atoms with Crippen LogP contribution in [-0.2, 0) is 20.0 Å². The first kappa shape index (κ1) is 27.0.